The maximum absolute atomic E-state index is 13.4. The number of carbonyl (C=O) groups excluding carboxylic acids is 1. The van der Waals surface area contributed by atoms with E-state index in [4.69, 9.17) is 4.74 Å². The predicted molar refractivity (Wildman–Crippen MR) is 108 cm³/mol. The number of thiazole rings is 1. The second kappa shape index (κ2) is 7.65. The van der Waals surface area contributed by atoms with Crippen LogP contribution in [0.1, 0.15) is 28.8 Å². The molecule has 0 bridgehead atoms. The molecule has 1 fully saturated rings. The maximum Gasteiger partial charge on any atom is 0.273 e. The van der Waals surface area contributed by atoms with Gasteiger partial charge in [-0.15, -0.1) is 0 Å². The minimum absolute atomic E-state index is 0.0602. The molecule has 8 heteroatoms. The topological polar surface area (TPSA) is 85.6 Å². The first-order valence-electron chi connectivity index (χ1n) is 9.07. The highest BCUT2D eigenvalue weighted by atomic mass is 32.1. The smallest absolute Gasteiger partial charge is 0.273 e. The standard InChI is InChI=1S/C20H19N3O4S/c1-13-15(7-4-9-17(13)23(25)26)19(24)22(12-14-6-5-11-27-14)20-21-16-8-2-3-10-18(16)28-20/h2-4,7-10,14H,5-6,11-12H2,1H3. The first-order chi connectivity index (χ1) is 13.5. The second-order valence-electron chi connectivity index (χ2n) is 6.72. The van der Waals surface area contributed by atoms with E-state index in [2.05, 4.69) is 4.98 Å². The van der Waals surface area contributed by atoms with Crippen molar-refractivity contribution in [2.75, 3.05) is 18.1 Å². The number of benzene rings is 2. The molecule has 1 unspecified atom stereocenters. The van der Waals surface area contributed by atoms with Crippen LogP contribution in [0.25, 0.3) is 10.2 Å². The molecule has 1 aromatic heterocycles. The molecular formula is C20H19N3O4S. The van der Waals surface area contributed by atoms with E-state index >= 15 is 0 Å². The van der Waals surface area contributed by atoms with Crippen LogP contribution in [-0.4, -0.2) is 35.1 Å². The van der Waals surface area contributed by atoms with Crippen molar-refractivity contribution in [2.45, 2.75) is 25.9 Å². The largest absolute Gasteiger partial charge is 0.376 e. The summed E-state index contributed by atoms with van der Waals surface area (Å²) in [5.74, 6) is -0.296. The van der Waals surface area contributed by atoms with Crippen LogP contribution in [0.5, 0.6) is 0 Å². The molecule has 3 aromatic rings. The van der Waals surface area contributed by atoms with Crippen LogP contribution in [0, 0.1) is 17.0 Å². The molecule has 1 atom stereocenters. The lowest BCUT2D eigenvalue weighted by Gasteiger charge is -2.23. The quantitative estimate of drug-likeness (QED) is 0.472. The van der Waals surface area contributed by atoms with Crippen LogP contribution >= 0.6 is 11.3 Å². The summed E-state index contributed by atoms with van der Waals surface area (Å²) in [5, 5.41) is 11.9. The summed E-state index contributed by atoms with van der Waals surface area (Å²) in [6.07, 6.45) is 1.78. The van der Waals surface area contributed by atoms with Crippen molar-refractivity contribution in [1.82, 2.24) is 4.98 Å². The number of nitro benzene ring substituents is 1. The van der Waals surface area contributed by atoms with Crippen molar-refractivity contribution in [3.63, 3.8) is 0 Å². The average molecular weight is 397 g/mol. The van der Waals surface area contributed by atoms with Gasteiger partial charge in [-0.25, -0.2) is 4.98 Å². The lowest BCUT2D eigenvalue weighted by molar-refractivity contribution is -0.385. The van der Waals surface area contributed by atoms with Crippen molar-refractivity contribution < 1.29 is 14.5 Å². The van der Waals surface area contributed by atoms with Gasteiger partial charge in [-0.3, -0.25) is 19.8 Å². The molecule has 0 N–H and O–H groups in total. The molecule has 1 amide bonds. The van der Waals surface area contributed by atoms with E-state index in [1.807, 2.05) is 24.3 Å². The lowest BCUT2D eigenvalue weighted by atomic mass is 10.1. The van der Waals surface area contributed by atoms with Gasteiger partial charge in [0, 0.05) is 23.8 Å². The number of fused-ring (bicyclic) bond motifs is 1. The third-order valence-corrected chi connectivity index (χ3v) is 5.96. The zero-order chi connectivity index (χ0) is 19.7. The molecule has 0 spiro atoms. The summed E-state index contributed by atoms with van der Waals surface area (Å²) in [6, 6.07) is 12.3. The molecule has 7 nitrogen and oxygen atoms in total. The fraction of sp³-hybridized carbons (Fsp3) is 0.300. The van der Waals surface area contributed by atoms with E-state index in [1.165, 1.54) is 17.4 Å². The molecule has 1 saturated heterocycles. The lowest BCUT2D eigenvalue weighted by Crippen LogP contribution is -2.37. The van der Waals surface area contributed by atoms with E-state index in [0.29, 0.717) is 29.4 Å². The summed E-state index contributed by atoms with van der Waals surface area (Å²) < 4.78 is 6.72. The Balaban J connectivity index is 1.75. The number of amides is 1. The molecule has 0 radical (unpaired) electrons. The number of carbonyl (C=O) groups is 1. The Bertz CT molecular complexity index is 1010. The number of rotatable bonds is 5. The average Bonchev–Trinajstić information content (AvgIpc) is 3.34. The number of hydrogen-bond acceptors (Lipinski definition) is 6. The van der Waals surface area contributed by atoms with Gasteiger partial charge >= 0.3 is 0 Å². The van der Waals surface area contributed by atoms with Gasteiger partial charge in [-0.05, 0) is 38.0 Å². The van der Waals surface area contributed by atoms with Crippen molar-refractivity contribution in [3.8, 4) is 0 Å². The van der Waals surface area contributed by atoms with Gasteiger partial charge < -0.3 is 4.74 Å². The maximum atomic E-state index is 13.4. The monoisotopic (exact) mass is 397 g/mol. The van der Waals surface area contributed by atoms with E-state index < -0.39 is 4.92 Å². The van der Waals surface area contributed by atoms with E-state index in [9.17, 15) is 14.9 Å². The highest BCUT2D eigenvalue weighted by molar-refractivity contribution is 7.22. The Kier molecular flexibility index (Phi) is 5.06. The summed E-state index contributed by atoms with van der Waals surface area (Å²) in [5.41, 5.74) is 1.43. The molecule has 0 aliphatic carbocycles. The van der Waals surface area contributed by atoms with Crippen LogP contribution in [0.3, 0.4) is 0 Å². The summed E-state index contributed by atoms with van der Waals surface area (Å²) in [4.78, 5) is 30.5. The fourth-order valence-corrected chi connectivity index (χ4v) is 4.39. The molecular weight excluding hydrogens is 378 g/mol. The van der Waals surface area contributed by atoms with Gasteiger partial charge in [0.2, 0.25) is 0 Å². The van der Waals surface area contributed by atoms with Gasteiger partial charge in [0.15, 0.2) is 5.13 Å². The molecule has 1 aliphatic heterocycles. The second-order valence-corrected chi connectivity index (χ2v) is 7.73. The van der Waals surface area contributed by atoms with E-state index in [1.54, 1.807) is 24.0 Å². The van der Waals surface area contributed by atoms with Crippen LogP contribution < -0.4 is 4.90 Å². The number of aromatic nitrogens is 1. The van der Waals surface area contributed by atoms with Crippen molar-refractivity contribution in [2.24, 2.45) is 0 Å². The summed E-state index contributed by atoms with van der Waals surface area (Å²) in [6.45, 7) is 2.66. The minimum Gasteiger partial charge on any atom is -0.376 e. The summed E-state index contributed by atoms with van der Waals surface area (Å²) >= 11 is 1.43. The fourth-order valence-electron chi connectivity index (χ4n) is 3.41. The van der Waals surface area contributed by atoms with E-state index in [0.717, 1.165) is 23.1 Å². The Morgan fingerprint density at radius 2 is 2.14 bits per heavy atom. The van der Waals surface area contributed by atoms with Crippen LogP contribution in [-0.2, 0) is 4.74 Å². The first kappa shape index (κ1) is 18.5. The van der Waals surface area contributed by atoms with E-state index in [-0.39, 0.29) is 17.7 Å². The van der Waals surface area contributed by atoms with Gasteiger partial charge in [0.05, 0.1) is 27.8 Å². The molecule has 0 saturated carbocycles. The zero-order valence-electron chi connectivity index (χ0n) is 15.3. The SMILES string of the molecule is Cc1c(C(=O)N(CC2CCCO2)c2nc3ccccc3s2)cccc1[N+](=O)[O-]. The number of nitrogens with zero attached hydrogens (tertiary/aromatic N) is 3. The normalized spacial score (nSPS) is 16.4. The third kappa shape index (κ3) is 3.48. The highest BCUT2D eigenvalue weighted by Gasteiger charge is 2.29. The number of nitro groups is 1. The van der Waals surface area contributed by atoms with Gasteiger partial charge in [-0.1, -0.05) is 29.5 Å². The predicted octanol–water partition coefficient (Wildman–Crippen LogP) is 4.34. The van der Waals surface area contributed by atoms with Crippen LogP contribution in [0.15, 0.2) is 42.5 Å². The Hall–Kier alpha value is -2.84. The zero-order valence-corrected chi connectivity index (χ0v) is 16.1. The number of anilines is 1. The highest BCUT2D eigenvalue weighted by Crippen LogP contribution is 2.32. The molecule has 4 rings (SSSR count). The number of para-hydroxylation sites is 1. The van der Waals surface area contributed by atoms with Crippen molar-refractivity contribution in [1.29, 1.82) is 0 Å². The Labute approximate surface area is 165 Å². The molecule has 2 aromatic carbocycles. The van der Waals surface area contributed by atoms with Crippen LogP contribution in [0.4, 0.5) is 10.8 Å². The minimum atomic E-state index is -0.464. The molecule has 1 aliphatic rings. The number of ether oxygens (including phenoxy) is 1. The Morgan fingerprint density at radius 3 is 2.86 bits per heavy atom. The van der Waals surface area contributed by atoms with Crippen molar-refractivity contribution >= 4 is 38.3 Å². The van der Waals surface area contributed by atoms with Crippen LogP contribution in [0.2, 0.25) is 0 Å². The molecule has 144 valence electrons. The Morgan fingerprint density at radius 1 is 1.32 bits per heavy atom. The third-order valence-electron chi connectivity index (χ3n) is 4.90. The first-order valence-corrected chi connectivity index (χ1v) is 9.89. The molecule has 2 heterocycles. The summed E-state index contributed by atoms with van der Waals surface area (Å²) in [7, 11) is 0. The molecule has 28 heavy (non-hydrogen) atoms. The van der Waals surface area contributed by atoms with Gasteiger partial charge in [-0.2, -0.15) is 0 Å². The number of hydrogen-bond donors (Lipinski definition) is 0. The van der Waals surface area contributed by atoms with Gasteiger partial charge in [0.1, 0.15) is 0 Å². The van der Waals surface area contributed by atoms with Gasteiger partial charge in [0.25, 0.3) is 11.6 Å². The van der Waals surface area contributed by atoms with Crippen molar-refractivity contribution in [3.05, 3.63) is 63.7 Å².